The molecule has 0 aliphatic heterocycles. The van der Waals surface area contributed by atoms with Crippen LogP contribution in [-0.2, 0) is 0 Å². The molecule has 0 saturated heterocycles. The van der Waals surface area contributed by atoms with Crippen LogP contribution in [0.15, 0.2) is 11.9 Å². The molecular weight excluding hydrogens is 198 g/mol. The Morgan fingerprint density at radius 2 is 2.06 bits per heavy atom. The minimum atomic E-state index is 0.863. The van der Waals surface area contributed by atoms with Gasteiger partial charge in [0.25, 0.3) is 0 Å². The van der Waals surface area contributed by atoms with Gasteiger partial charge in [0.15, 0.2) is 0 Å². The van der Waals surface area contributed by atoms with Gasteiger partial charge < -0.3 is 10.7 Å². The van der Waals surface area contributed by atoms with Crippen molar-refractivity contribution < 1.29 is 0 Å². The minimum Gasteiger partial charge on any atom is -0.401 e. The Kier molecular flexibility index (Phi) is 9.64. The topological polar surface area (TPSA) is 55.3 Å². The molecule has 0 aromatic carbocycles. The van der Waals surface area contributed by atoms with Crippen LogP contribution in [-0.4, -0.2) is 11.6 Å². The summed E-state index contributed by atoms with van der Waals surface area (Å²) in [5.74, 6) is 11.7. The van der Waals surface area contributed by atoms with Gasteiger partial charge in [0.2, 0.25) is 0 Å². The van der Waals surface area contributed by atoms with Crippen LogP contribution in [0.25, 0.3) is 0 Å². The van der Waals surface area contributed by atoms with E-state index in [-0.39, 0.29) is 0 Å². The van der Waals surface area contributed by atoms with E-state index in [2.05, 4.69) is 18.8 Å². The fourth-order valence-electron chi connectivity index (χ4n) is 1.44. The van der Waals surface area contributed by atoms with E-state index in [1.54, 1.807) is 5.01 Å². The SMILES string of the molecule is CC#CCCCCCN(N)/C=C(\N)CCC. The molecule has 0 aromatic heterocycles. The monoisotopic (exact) mass is 223 g/mol. The predicted octanol–water partition coefficient (Wildman–Crippen LogP) is 2.35. The molecule has 0 rings (SSSR count). The van der Waals surface area contributed by atoms with Gasteiger partial charge in [-0.1, -0.05) is 19.8 Å². The molecule has 0 aromatic rings. The molecular formula is C13H25N3. The molecule has 0 bridgehead atoms. The Balaban J connectivity index is 3.52. The summed E-state index contributed by atoms with van der Waals surface area (Å²) in [4.78, 5) is 0. The van der Waals surface area contributed by atoms with Crippen molar-refractivity contribution in [2.24, 2.45) is 11.6 Å². The number of rotatable bonds is 8. The first-order chi connectivity index (χ1) is 7.70. The smallest absolute Gasteiger partial charge is 0.0342 e. The Morgan fingerprint density at radius 1 is 1.31 bits per heavy atom. The highest BCUT2D eigenvalue weighted by molar-refractivity contribution is 4.95. The van der Waals surface area contributed by atoms with Gasteiger partial charge in [0.1, 0.15) is 0 Å². The molecule has 3 nitrogen and oxygen atoms in total. The molecule has 0 aliphatic rings. The summed E-state index contributed by atoms with van der Waals surface area (Å²) in [7, 11) is 0. The van der Waals surface area contributed by atoms with Gasteiger partial charge in [-0.15, -0.1) is 11.8 Å². The van der Waals surface area contributed by atoms with E-state index in [4.69, 9.17) is 11.6 Å². The van der Waals surface area contributed by atoms with Crippen molar-refractivity contribution >= 4 is 0 Å². The molecule has 0 spiro atoms. The highest BCUT2D eigenvalue weighted by atomic mass is 15.4. The van der Waals surface area contributed by atoms with Crippen LogP contribution in [0.2, 0.25) is 0 Å². The molecule has 0 saturated carbocycles. The maximum absolute atomic E-state index is 5.79. The van der Waals surface area contributed by atoms with E-state index >= 15 is 0 Å². The highest BCUT2D eigenvalue weighted by Crippen LogP contribution is 2.02. The number of hydrazine groups is 1. The molecule has 0 atom stereocenters. The largest absolute Gasteiger partial charge is 0.401 e. The van der Waals surface area contributed by atoms with Crippen LogP contribution in [0.3, 0.4) is 0 Å². The molecule has 0 fully saturated rings. The zero-order valence-corrected chi connectivity index (χ0v) is 10.6. The van der Waals surface area contributed by atoms with Crippen molar-refractivity contribution in [3.8, 4) is 11.8 Å². The van der Waals surface area contributed by atoms with Crippen molar-refractivity contribution in [1.82, 2.24) is 5.01 Å². The Bertz CT molecular complexity index is 248. The Morgan fingerprint density at radius 3 is 2.69 bits per heavy atom. The first-order valence-electron chi connectivity index (χ1n) is 6.07. The molecule has 4 N–H and O–H groups in total. The third kappa shape index (κ3) is 9.42. The second kappa shape index (κ2) is 10.4. The summed E-state index contributed by atoms with van der Waals surface area (Å²) in [6, 6.07) is 0. The number of unbranched alkanes of at least 4 members (excludes halogenated alkanes) is 3. The van der Waals surface area contributed by atoms with Gasteiger partial charge in [-0.05, 0) is 26.2 Å². The summed E-state index contributed by atoms with van der Waals surface area (Å²) >= 11 is 0. The number of hydrogen-bond acceptors (Lipinski definition) is 3. The van der Waals surface area contributed by atoms with Crippen LogP contribution in [0, 0.1) is 11.8 Å². The first-order valence-corrected chi connectivity index (χ1v) is 6.07. The van der Waals surface area contributed by atoms with Gasteiger partial charge >= 0.3 is 0 Å². The molecule has 92 valence electrons. The first kappa shape index (κ1) is 14.9. The van der Waals surface area contributed by atoms with Crippen LogP contribution >= 0.6 is 0 Å². The van der Waals surface area contributed by atoms with Gasteiger partial charge in [0.05, 0.1) is 0 Å². The van der Waals surface area contributed by atoms with Crippen LogP contribution in [0.5, 0.6) is 0 Å². The third-order valence-electron chi connectivity index (χ3n) is 2.27. The van der Waals surface area contributed by atoms with E-state index in [0.29, 0.717) is 0 Å². The second-order valence-electron chi connectivity index (χ2n) is 3.93. The lowest BCUT2D eigenvalue weighted by molar-refractivity contribution is 0.374. The summed E-state index contributed by atoms with van der Waals surface area (Å²) in [5.41, 5.74) is 6.64. The van der Waals surface area contributed by atoms with Gasteiger partial charge in [-0.3, -0.25) is 0 Å². The number of allylic oxidation sites excluding steroid dienone is 1. The summed E-state index contributed by atoms with van der Waals surface area (Å²) < 4.78 is 0. The summed E-state index contributed by atoms with van der Waals surface area (Å²) in [6.45, 7) is 4.85. The lowest BCUT2D eigenvalue weighted by Crippen LogP contribution is -2.27. The fraction of sp³-hybridized carbons (Fsp3) is 0.692. The van der Waals surface area contributed by atoms with Crippen molar-refractivity contribution in [3.63, 3.8) is 0 Å². The lowest BCUT2D eigenvalue weighted by atomic mass is 10.2. The van der Waals surface area contributed by atoms with Gasteiger partial charge in [-0.2, -0.15) is 0 Å². The number of hydrogen-bond donors (Lipinski definition) is 2. The van der Waals surface area contributed by atoms with Crippen molar-refractivity contribution in [2.75, 3.05) is 6.54 Å². The normalized spacial score (nSPS) is 10.8. The van der Waals surface area contributed by atoms with Crippen molar-refractivity contribution in [3.05, 3.63) is 11.9 Å². The maximum Gasteiger partial charge on any atom is 0.0342 e. The standard InChI is InChI=1S/C13H25N3/c1-3-5-6-7-8-9-11-16(15)12-13(14)10-4-2/h12H,4,6-11,14-15H2,1-2H3/b13-12-. The van der Waals surface area contributed by atoms with Crippen LogP contribution < -0.4 is 11.6 Å². The Hall–Kier alpha value is -1.14. The zero-order chi connectivity index (χ0) is 12.2. The molecule has 0 radical (unpaired) electrons. The number of nitrogens with zero attached hydrogens (tertiary/aromatic N) is 1. The molecule has 0 heterocycles. The molecule has 0 aliphatic carbocycles. The van der Waals surface area contributed by atoms with E-state index in [0.717, 1.165) is 44.3 Å². The number of nitrogens with two attached hydrogens (primary N) is 2. The average molecular weight is 223 g/mol. The average Bonchev–Trinajstić information content (AvgIpc) is 2.23. The second-order valence-corrected chi connectivity index (χ2v) is 3.93. The van der Waals surface area contributed by atoms with Crippen LogP contribution in [0.4, 0.5) is 0 Å². The van der Waals surface area contributed by atoms with Crippen LogP contribution in [0.1, 0.15) is 52.4 Å². The summed E-state index contributed by atoms with van der Waals surface area (Å²) in [5, 5.41) is 1.69. The molecule has 3 heteroatoms. The quantitative estimate of drug-likeness (QED) is 0.287. The zero-order valence-electron chi connectivity index (χ0n) is 10.6. The van der Waals surface area contributed by atoms with E-state index in [1.165, 1.54) is 6.42 Å². The Labute approximate surface area is 99.8 Å². The van der Waals surface area contributed by atoms with Crippen molar-refractivity contribution in [2.45, 2.75) is 52.4 Å². The van der Waals surface area contributed by atoms with E-state index in [1.807, 2.05) is 13.1 Å². The lowest BCUT2D eigenvalue weighted by Gasteiger charge is -2.14. The molecule has 0 amide bonds. The minimum absolute atomic E-state index is 0.863. The van der Waals surface area contributed by atoms with Gasteiger partial charge in [-0.25, -0.2) is 5.84 Å². The fourth-order valence-corrected chi connectivity index (χ4v) is 1.44. The third-order valence-corrected chi connectivity index (χ3v) is 2.27. The molecule has 16 heavy (non-hydrogen) atoms. The highest BCUT2D eigenvalue weighted by Gasteiger charge is 1.95. The predicted molar refractivity (Wildman–Crippen MR) is 70.0 cm³/mol. The molecule has 0 unspecified atom stereocenters. The summed E-state index contributed by atoms with van der Waals surface area (Å²) in [6.07, 6.45) is 8.24. The maximum atomic E-state index is 5.79. The van der Waals surface area contributed by atoms with Crippen molar-refractivity contribution in [1.29, 1.82) is 0 Å². The van der Waals surface area contributed by atoms with E-state index in [9.17, 15) is 0 Å². The van der Waals surface area contributed by atoms with E-state index < -0.39 is 0 Å². The van der Waals surface area contributed by atoms with Gasteiger partial charge in [0, 0.05) is 24.9 Å².